The van der Waals surface area contributed by atoms with Gasteiger partial charge in [0.1, 0.15) is 5.25 Å². The highest BCUT2D eigenvalue weighted by atomic mass is 32.2. The average molecular weight is 270 g/mol. The van der Waals surface area contributed by atoms with Crippen LogP contribution in [-0.4, -0.2) is 36.0 Å². The first kappa shape index (κ1) is 12.1. The molecule has 0 bridgehead atoms. The Kier molecular flexibility index (Phi) is 2.71. The van der Waals surface area contributed by atoms with Gasteiger partial charge in [0.15, 0.2) is 21.5 Å². The molecule has 100 valence electrons. The van der Waals surface area contributed by atoms with Crippen LogP contribution in [0.15, 0.2) is 0 Å². The lowest BCUT2D eigenvalue weighted by atomic mass is 10.1. The van der Waals surface area contributed by atoms with Crippen molar-refractivity contribution in [3.63, 3.8) is 0 Å². The molecule has 1 fully saturated rings. The molecule has 1 aliphatic heterocycles. The van der Waals surface area contributed by atoms with Crippen molar-refractivity contribution >= 4 is 9.84 Å². The minimum atomic E-state index is -3.13. The van der Waals surface area contributed by atoms with Gasteiger partial charge in [-0.2, -0.15) is 0 Å². The molecule has 18 heavy (non-hydrogen) atoms. The summed E-state index contributed by atoms with van der Waals surface area (Å²) in [5, 5.41) is 11.2. The van der Waals surface area contributed by atoms with Gasteiger partial charge >= 0.3 is 0 Å². The number of nitrogens with zero attached hydrogens (tertiary/aromatic N) is 3. The van der Waals surface area contributed by atoms with Crippen LogP contribution < -0.4 is 5.32 Å². The van der Waals surface area contributed by atoms with E-state index in [1.807, 2.05) is 4.57 Å². The van der Waals surface area contributed by atoms with Crippen molar-refractivity contribution < 1.29 is 8.42 Å². The van der Waals surface area contributed by atoms with Crippen molar-refractivity contribution in [1.29, 1.82) is 0 Å². The maximum atomic E-state index is 11.6. The summed E-state index contributed by atoms with van der Waals surface area (Å²) in [6.45, 7) is 3.29. The fraction of sp³-hybridized carbons (Fsp3) is 0.818. The van der Waals surface area contributed by atoms with Crippen LogP contribution in [0.1, 0.15) is 42.7 Å². The summed E-state index contributed by atoms with van der Waals surface area (Å²) >= 11 is 0. The number of nitrogens with one attached hydrogen (secondary N) is 1. The highest BCUT2D eigenvalue weighted by molar-refractivity contribution is 7.90. The average Bonchev–Trinajstić information content (AvgIpc) is 3.06. The third kappa shape index (κ3) is 1.95. The normalized spacial score (nSPS) is 25.8. The fourth-order valence-corrected chi connectivity index (χ4v) is 3.07. The van der Waals surface area contributed by atoms with Crippen LogP contribution in [0.4, 0.5) is 0 Å². The van der Waals surface area contributed by atoms with Gasteiger partial charge in [-0.25, -0.2) is 8.42 Å². The number of hydrogen-bond acceptors (Lipinski definition) is 5. The molecule has 0 saturated heterocycles. The van der Waals surface area contributed by atoms with E-state index in [1.54, 1.807) is 6.92 Å². The molecule has 2 unspecified atom stereocenters. The molecule has 2 heterocycles. The quantitative estimate of drug-likeness (QED) is 0.862. The van der Waals surface area contributed by atoms with Crippen molar-refractivity contribution in [3.05, 3.63) is 11.6 Å². The molecule has 0 spiro atoms. The molecule has 0 radical (unpaired) electrons. The van der Waals surface area contributed by atoms with Crippen LogP contribution in [0.5, 0.6) is 0 Å². The molecule has 0 amide bonds. The summed E-state index contributed by atoms with van der Waals surface area (Å²) in [4.78, 5) is 0. The number of fused-ring (bicyclic) bond motifs is 1. The summed E-state index contributed by atoms with van der Waals surface area (Å²) in [5.41, 5.74) is 0. The monoisotopic (exact) mass is 270 g/mol. The first-order valence-corrected chi connectivity index (χ1v) is 8.29. The van der Waals surface area contributed by atoms with E-state index in [9.17, 15) is 8.42 Å². The van der Waals surface area contributed by atoms with Gasteiger partial charge in [0.05, 0.1) is 6.04 Å². The molecular weight excluding hydrogens is 252 g/mol. The number of aromatic nitrogens is 3. The van der Waals surface area contributed by atoms with Crippen molar-refractivity contribution in [3.8, 4) is 0 Å². The predicted molar refractivity (Wildman–Crippen MR) is 66.7 cm³/mol. The van der Waals surface area contributed by atoms with Gasteiger partial charge in [-0.05, 0) is 25.7 Å². The van der Waals surface area contributed by atoms with Crippen LogP contribution in [0.3, 0.4) is 0 Å². The second kappa shape index (κ2) is 4.03. The van der Waals surface area contributed by atoms with E-state index >= 15 is 0 Å². The van der Waals surface area contributed by atoms with E-state index in [-0.39, 0.29) is 6.04 Å². The van der Waals surface area contributed by atoms with Crippen LogP contribution >= 0.6 is 0 Å². The molecule has 2 atom stereocenters. The van der Waals surface area contributed by atoms with Gasteiger partial charge in [0, 0.05) is 19.3 Å². The Bertz CT molecular complexity index is 562. The van der Waals surface area contributed by atoms with E-state index in [4.69, 9.17) is 0 Å². The van der Waals surface area contributed by atoms with E-state index in [0.29, 0.717) is 11.7 Å². The first-order chi connectivity index (χ1) is 8.48. The standard InChI is InChI=1S/C11H18N4O2S/c1-7(18(2,16)17)10-13-14-11-9(8-3-4-8)12-5-6-15(10)11/h7-9,12H,3-6H2,1-2H3. The Morgan fingerprint density at radius 1 is 1.39 bits per heavy atom. The molecule has 7 heteroatoms. The van der Waals surface area contributed by atoms with E-state index < -0.39 is 15.1 Å². The summed E-state index contributed by atoms with van der Waals surface area (Å²) in [6.07, 6.45) is 3.70. The lowest BCUT2D eigenvalue weighted by Gasteiger charge is -2.25. The topological polar surface area (TPSA) is 76.9 Å². The van der Waals surface area contributed by atoms with Gasteiger partial charge in [-0.15, -0.1) is 10.2 Å². The van der Waals surface area contributed by atoms with Crippen molar-refractivity contribution in [2.75, 3.05) is 12.8 Å². The van der Waals surface area contributed by atoms with Gasteiger partial charge in [0.25, 0.3) is 0 Å². The predicted octanol–water partition coefficient (Wildman–Crippen LogP) is 0.438. The Hall–Kier alpha value is -0.950. The highest BCUT2D eigenvalue weighted by Gasteiger charge is 2.38. The second-order valence-electron chi connectivity index (χ2n) is 5.31. The lowest BCUT2D eigenvalue weighted by molar-refractivity contribution is 0.376. The maximum absolute atomic E-state index is 11.6. The van der Waals surface area contributed by atoms with E-state index in [0.717, 1.165) is 18.9 Å². The Labute approximate surface area is 107 Å². The maximum Gasteiger partial charge on any atom is 0.157 e. The third-order valence-corrected chi connectivity index (χ3v) is 5.38. The number of rotatable bonds is 3. The zero-order valence-corrected chi connectivity index (χ0v) is 11.4. The van der Waals surface area contributed by atoms with Crippen LogP contribution in [0, 0.1) is 5.92 Å². The fourth-order valence-electron chi connectivity index (χ4n) is 2.51. The minimum absolute atomic E-state index is 0.256. The zero-order chi connectivity index (χ0) is 12.9. The molecule has 0 aromatic carbocycles. The Morgan fingerprint density at radius 2 is 2.11 bits per heavy atom. The minimum Gasteiger partial charge on any atom is -0.311 e. The summed E-state index contributed by atoms with van der Waals surface area (Å²) in [7, 11) is -3.13. The van der Waals surface area contributed by atoms with Gasteiger partial charge in [-0.1, -0.05) is 0 Å². The van der Waals surface area contributed by atoms with E-state index in [1.165, 1.54) is 19.1 Å². The largest absolute Gasteiger partial charge is 0.311 e. The molecular formula is C11H18N4O2S. The zero-order valence-electron chi connectivity index (χ0n) is 10.6. The van der Waals surface area contributed by atoms with Crippen molar-refractivity contribution in [2.45, 2.75) is 37.6 Å². The molecule has 1 N–H and O–H groups in total. The Morgan fingerprint density at radius 3 is 2.72 bits per heavy atom. The molecule has 6 nitrogen and oxygen atoms in total. The molecule has 3 rings (SSSR count). The Balaban J connectivity index is 1.99. The summed E-state index contributed by atoms with van der Waals surface area (Å²) in [6, 6.07) is 0.256. The van der Waals surface area contributed by atoms with Crippen molar-refractivity contribution in [2.24, 2.45) is 5.92 Å². The molecule has 1 aromatic heterocycles. The molecule has 1 aliphatic carbocycles. The van der Waals surface area contributed by atoms with Gasteiger partial charge < -0.3 is 9.88 Å². The SMILES string of the molecule is CC(c1nnc2n1CCNC2C1CC1)S(C)(=O)=O. The number of sulfone groups is 1. The molecule has 2 aliphatic rings. The summed E-state index contributed by atoms with van der Waals surface area (Å²) in [5.74, 6) is 2.14. The highest BCUT2D eigenvalue weighted by Crippen LogP contribution is 2.41. The lowest BCUT2D eigenvalue weighted by Crippen LogP contribution is -2.35. The smallest absolute Gasteiger partial charge is 0.157 e. The van der Waals surface area contributed by atoms with Crippen LogP contribution in [0.25, 0.3) is 0 Å². The second-order valence-corrected chi connectivity index (χ2v) is 7.68. The molecule has 1 saturated carbocycles. The van der Waals surface area contributed by atoms with Gasteiger partial charge in [-0.3, -0.25) is 0 Å². The van der Waals surface area contributed by atoms with Crippen LogP contribution in [-0.2, 0) is 16.4 Å². The van der Waals surface area contributed by atoms with Crippen LogP contribution in [0.2, 0.25) is 0 Å². The van der Waals surface area contributed by atoms with Crippen molar-refractivity contribution in [1.82, 2.24) is 20.1 Å². The van der Waals surface area contributed by atoms with E-state index in [2.05, 4.69) is 15.5 Å². The molecule has 1 aromatic rings. The number of hydrogen-bond donors (Lipinski definition) is 1. The van der Waals surface area contributed by atoms with Gasteiger partial charge in [0.2, 0.25) is 0 Å². The summed E-state index contributed by atoms with van der Waals surface area (Å²) < 4.78 is 25.3. The first-order valence-electron chi connectivity index (χ1n) is 6.33. The third-order valence-electron chi connectivity index (χ3n) is 3.89.